The topological polar surface area (TPSA) is 81.9 Å². The molecule has 1 N–H and O–H groups in total. The summed E-state index contributed by atoms with van der Waals surface area (Å²) in [5.74, 6) is 1.95. The Morgan fingerprint density at radius 3 is 2.65 bits per heavy atom. The van der Waals surface area contributed by atoms with E-state index in [9.17, 15) is 4.79 Å². The van der Waals surface area contributed by atoms with E-state index < -0.39 is 0 Å². The molecule has 1 amide bonds. The molecule has 7 nitrogen and oxygen atoms in total. The zero-order valence-electron chi connectivity index (χ0n) is 21.5. The van der Waals surface area contributed by atoms with Crippen molar-refractivity contribution in [3.63, 3.8) is 0 Å². The second-order valence-electron chi connectivity index (χ2n) is 8.98. The summed E-state index contributed by atoms with van der Waals surface area (Å²) in [6.45, 7) is 13.1. The first kappa shape index (κ1) is 26.6. The summed E-state index contributed by atoms with van der Waals surface area (Å²) in [6, 6.07) is 14.3. The van der Waals surface area contributed by atoms with Gasteiger partial charge in [0.25, 0.3) is 0 Å². The minimum atomic E-state index is -0.151. The number of anilines is 1. The van der Waals surface area contributed by atoms with E-state index >= 15 is 0 Å². The largest absolute Gasteiger partial charge is 0.486 e. The number of nitrogens with one attached hydrogen (secondary N) is 1. The fourth-order valence-corrected chi connectivity index (χ4v) is 5.09. The summed E-state index contributed by atoms with van der Waals surface area (Å²) in [6.07, 6.45) is 1.78. The molecule has 0 fully saturated rings. The molecule has 0 spiro atoms. The van der Waals surface area contributed by atoms with Crippen molar-refractivity contribution < 1.29 is 9.53 Å². The Hall–Kier alpha value is -3.43. The summed E-state index contributed by atoms with van der Waals surface area (Å²) in [5, 5.41) is 14.6. The summed E-state index contributed by atoms with van der Waals surface area (Å²) in [4.78, 5) is 17.2. The standard InChI is InChI=1S/C28H31N5O2S2/c1-6-13-33-25(15-35-23-11-9-21(10-12-23)18(2)3)31-32-28(33)37-17-26(34)30-27-29-24(16-36-27)22-8-7-19(4)20(5)14-22/h6-12,14,16,18H,1,13,15,17H2,2-5H3,(H,29,30,34). The van der Waals surface area contributed by atoms with E-state index in [2.05, 4.69) is 79.0 Å². The SMILES string of the molecule is C=CCn1c(COc2ccc(C(C)C)cc2)nnc1SCC(=O)Nc1nc(-c2ccc(C)c(C)c2)cs1. The van der Waals surface area contributed by atoms with Crippen molar-refractivity contribution in [1.29, 1.82) is 0 Å². The molecule has 0 saturated carbocycles. The number of hydrogen-bond donors (Lipinski definition) is 1. The van der Waals surface area contributed by atoms with Gasteiger partial charge in [-0.05, 0) is 54.7 Å². The van der Waals surface area contributed by atoms with Gasteiger partial charge >= 0.3 is 0 Å². The van der Waals surface area contributed by atoms with Crippen LogP contribution in [0.4, 0.5) is 5.13 Å². The van der Waals surface area contributed by atoms with Crippen LogP contribution in [-0.2, 0) is 17.9 Å². The highest BCUT2D eigenvalue weighted by atomic mass is 32.2. The molecule has 0 aliphatic heterocycles. The van der Waals surface area contributed by atoms with Gasteiger partial charge in [-0.1, -0.05) is 56.0 Å². The normalized spacial score (nSPS) is 11.1. The molecule has 192 valence electrons. The van der Waals surface area contributed by atoms with Crippen LogP contribution >= 0.6 is 23.1 Å². The van der Waals surface area contributed by atoms with Crippen LogP contribution in [0.1, 0.15) is 42.3 Å². The van der Waals surface area contributed by atoms with Crippen molar-refractivity contribution in [3.8, 4) is 17.0 Å². The van der Waals surface area contributed by atoms with Crippen LogP contribution in [0.25, 0.3) is 11.3 Å². The van der Waals surface area contributed by atoms with Crippen LogP contribution in [0.5, 0.6) is 5.75 Å². The lowest BCUT2D eigenvalue weighted by molar-refractivity contribution is -0.113. The Morgan fingerprint density at radius 2 is 1.95 bits per heavy atom. The number of thiazole rings is 1. The number of amides is 1. The van der Waals surface area contributed by atoms with Gasteiger partial charge < -0.3 is 10.1 Å². The van der Waals surface area contributed by atoms with Crippen LogP contribution < -0.4 is 10.1 Å². The number of ether oxygens (including phenoxy) is 1. The van der Waals surface area contributed by atoms with Gasteiger partial charge in [-0.2, -0.15) is 0 Å². The second kappa shape index (κ2) is 12.2. The molecular formula is C28H31N5O2S2. The van der Waals surface area contributed by atoms with Crippen molar-refractivity contribution in [2.75, 3.05) is 11.1 Å². The third kappa shape index (κ3) is 6.87. The number of allylic oxidation sites excluding steroid dienone is 1. The zero-order valence-corrected chi connectivity index (χ0v) is 23.2. The molecule has 0 aliphatic rings. The van der Waals surface area contributed by atoms with E-state index in [1.165, 1.54) is 39.8 Å². The highest BCUT2D eigenvalue weighted by Crippen LogP contribution is 2.27. The van der Waals surface area contributed by atoms with Crippen LogP contribution in [-0.4, -0.2) is 31.4 Å². The summed E-state index contributed by atoms with van der Waals surface area (Å²) in [7, 11) is 0. The first-order valence-electron chi connectivity index (χ1n) is 12.1. The van der Waals surface area contributed by atoms with Crippen molar-refractivity contribution in [1.82, 2.24) is 19.7 Å². The number of rotatable bonds is 11. The molecule has 4 aromatic rings. The van der Waals surface area contributed by atoms with Gasteiger partial charge in [0.1, 0.15) is 12.4 Å². The number of benzene rings is 2. The van der Waals surface area contributed by atoms with Crippen molar-refractivity contribution in [2.45, 2.75) is 51.9 Å². The van der Waals surface area contributed by atoms with Gasteiger partial charge in [0.15, 0.2) is 16.1 Å². The molecule has 0 atom stereocenters. The van der Waals surface area contributed by atoms with Crippen molar-refractivity contribution >= 4 is 34.1 Å². The molecule has 9 heteroatoms. The summed E-state index contributed by atoms with van der Waals surface area (Å²) < 4.78 is 7.84. The maximum absolute atomic E-state index is 12.6. The van der Waals surface area contributed by atoms with Gasteiger partial charge in [0.05, 0.1) is 11.4 Å². The third-order valence-corrected chi connectivity index (χ3v) is 7.63. The Balaban J connectivity index is 1.34. The minimum Gasteiger partial charge on any atom is -0.486 e. The quantitative estimate of drug-likeness (QED) is 0.172. The molecular weight excluding hydrogens is 502 g/mol. The number of carbonyl (C=O) groups is 1. The number of aryl methyl sites for hydroxylation is 2. The monoisotopic (exact) mass is 533 g/mol. The maximum atomic E-state index is 12.6. The maximum Gasteiger partial charge on any atom is 0.236 e. The average molecular weight is 534 g/mol. The molecule has 0 radical (unpaired) electrons. The third-order valence-electron chi connectivity index (χ3n) is 5.91. The van der Waals surface area contributed by atoms with Crippen LogP contribution in [0, 0.1) is 13.8 Å². The minimum absolute atomic E-state index is 0.151. The lowest BCUT2D eigenvalue weighted by atomic mass is 10.0. The number of carbonyl (C=O) groups excluding carboxylic acids is 1. The van der Waals surface area contributed by atoms with E-state index in [0.29, 0.717) is 28.6 Å². The fraction of sp³-hybridized carbons (Fsp3) is 0.286. The fourth-order valence-electron chi connectivity index (χ4n) is 3.59. The van der Waals surface area contributed by atoms with Gasteiger partial charge in [0.2, 0.25) is 5.91 Å². The molecule has 2 heterocycles. The van der Waals surface area contributed by atoms with E-state index in [1.54, 1.807) is 6.08 Å². The molecule has 0 aliphatic carbocycles. The van der Waals surface area contributed by atoms with Crippen LogP contribution in [0.3, 0.4) is 0 Å². The summed E-state index contributed by atoms with van der Waals surface area (Å²) >= 11 is 2.73. The van der Waals surface area contributed by atoms with E-state index in [0.717, 1.165) is 17.0 Å². The number of nitrogens with zero attached hydrogens (tertiary/aromatic N) is 4. The summed E-state index contributed by atoms with van der Waals surface area (Å²) in [5.41, 5.74) is 5.61. The molecule has 4 rings (SSSR count). The van der Waals surface area contributed by atoms with E-state index in [1.807, 2.05) is 28.1 Å². The predicted molar refractivity (Wildman–Crippen MR) is 151 cm³/mol. The lowest BCUT2D eigenvalue weighted by Gasteiger charge is -2.10. The highest BCUT2D eigenvalue weighted by Gasteiger charge is 2.15. The van der Waals surface area contributed by atoms with Gasteiger partial charge in [-0.25, -0.2) is 4.98 Å². The Kier molecular flexibility index (Phi) is 8.78. The first-order valence-corrected chi connectivity index (χ1v) is 13.9. The van der Waals surface area contributed by atoms with E-state index in [-0.39, 0.29) is 18.3 Å². The average Bonchev–Trinajstić information content (AvgIpc) is 3.50. The molecule has 2 aromatic carbocycles. The molecule has 2 aromatic heterocycles. The number of aromatic nitrogens is 4. The first-order chi connectivity index (χ1) is 17.8. The molecule has 0 bridgehead atoms. The zero-order chi connectivity index (χ0) is 26.4. The lowest BCUT2D eigenvalue weighted by Crippen LogP contribution is -2.15. The van der Waals surface area contributed by atoms with Gasteiger partial charge in [0, 0.05) is 17.5 Å². The highest BCUT2D eigenvalue weighted by molar-refractivity contribution is 7.99. The van der Waals surface area contributed by atoms with Gasteiger partial charge in [-0.3, -0.25) is 9.36 Å². The number of thioether (sulfide) groups is 1. The van der Waals surface area contributed by atoms with Crippen LogP contribution in [0.15, 0.2) is 65.7 Å². The number of hydrogen-bond acceptors (Lipinski definition) is 7. The smallest absolute Gasteiger partial charge is 0.236 e. The Morgan fingerprint density at radius 1 is 1.16 bits per heavy atom. The van der Waals surface area contributed by atoms with Crippen molar-refractivity contribution in [2.24, 2.45) is 0 Å². The van der Waals surface area contributed by atoms with Gasteiger partial charge in [-0.15, -0.1) is 28.1 Å². The second-order valence-corrected chi connectivity index (χ2v) is 10.8. The Labute approximate surface area is 226 Å². The predicted octanol–water partition coefficient (Wildman–Crippen LogP) is 6.64. The molecule has 0 saturated heterocycles. The Bertz CT molecular complexity index is 1380. The van der Waals surface area contributed by atoms with E-state index in [4.69, 9.17) is 4.74 Å². The van der Waals surface area contributed by atoms with Crippen LogP contribution in [0.2, 0.25) is 0 Å². The van der Waals surface area contributed by atoms with Crippen molar-refractivity contribution in [3.05, 3.63) is 83.0 Å². The molecule has 0 unspecified atom stereocenters. The molecule has 37 heavy (non-hydrogen) atoms.